The Bertz CT molecular complexity index is 584. The number of hydrogen-bond acceptors (Lipinski definition) is 3. The third-order valence-corrected chi connectivity index (χ3v) is 3.77. The molecule has 106 valence electrons. The largest absolute Gasteiger partial charge is 0.478 e. The number of carbonyl (C=O) groups is 1. The fraction of sp³-hybridized carbons (Fsp3) is 0.267. The lowest BCUT2D eigenvalue weighted by Gasteiger charge is -2.13. The molecule has 0 aliphatic rings. The third kappa shape index (κ3) is 3.88. The first-order chi connectivity index (χ1) is 9.56. The van der Waals surface area contributed by atoms with Crippen molar-refractivity contribution in [1.29, 1.82) is 0 Å². The topological polar surface area (TPSA) is 49.3 Å². The van der Waals surface area contributed by atoms with Crippen LogP contribution in [0.15, 0.2) is 35.0 Å². The minimum Gasteiger partial charge on any atom is -0.478 e. The first-order valence-electron chi connectivity index (χ1n) is 6.32. The van der Waals surface area contributed by atoms with Gasteiger partial charge in [0.05, 0.1) is 5.56 Å². The van der Waals surface area contributed by atoms with E-state index in [0.29, 0.717) is 6.54 Å². The fourth-order valence-corrected chi connectivity index (χ4v) is 2.65. The molecule has 3 nitrogen and oxygen atoms in total. The van der Waals surface area contributed by atoms with Crippen LogP contribution < -0.4 is 5.32 Å². The van der Waals surface area contributed by atoms with E-state index in [2.05, 4.69) is 23.7 Å². The van der Waals surface area contributed by atoms with Crippen LogP contribution in [0.5, 0.6) is 0 Å². The van der Waals surface area contributed by atoms with Gasteiger partial charge in [-0.05, 0) is 53.4 Å². The Morgan fingerprint density at radius 1 is 1.40 bits per heavy atom. The molecule has 0 fully saturated rings. The Hall–Kier alpha value is -1.72. The first-order valence-corrected chi connectivity index (χ1v) is 7.26. The van der Waals surface area contributed by atoms with E-state index in [9.17, 15) is 9.18 Å². The van der Waals surface area contributed by atoms with E-state index < -0.39 is 11.8 Å². The standard InChI is InChI=1S/C15H16FNO2S/c1-10(6-12-4-5-20-9-12)17-8-11-2-3-13(15(18)19)14(16)7-11/h2-5,7,9-10,17H,6,8H2,1H3,(H,18,19). The molecule has 0 radical (unpaired) electrons. The first kappa shape index (κ1) is 14.7. The van der Waals surface area contributed by atoms with Crippen LogP contribution in [-0.4, -0.2) is 17.1 Å². The van der Waals surface area contributed by atoms with Crippen LogP contribution in [0.1, 0.15) is 28.4 Å². The van der Waals surface area contributed by atoms with Crippen LogP contribution in [0.4, 0.5) is 4.39 Å². The van der Waals surface area contributed by atoms with Gasteiger partial charge in [-0.25, -0.2) is 9.18 Å². The van der Waals surface area contributed by atoms with Crippen LogP contribution in [0.2, 0.25) is 0 Å². The highest BCUT2D eigenvalue weighted by Crippen LogP contribution is 2.12. The van der Waals surface area contributed by atoms with Gasteiger partial charge < -0.3 is 10.4 Å². The van der Waals surface area contributed by atoms with Gasteiger partial charge in [0.15, 0.2) is 0 Å². The molecule has 2 N–H and O–H groups in total. The van der Waals surface area contributed by atoms with Crippen LogP contribution in [0.3, 0.4) is 0 Å². The Labute approximate surface area is 121 Å². The van der Waals surface area contributed by atoms with E-state index in [1.807, 2.05) is 5.38 Å². The van der Waals surface area contributed by atoms with Gasteiger partial charge in [-0.2, -0.15) is 11.3 Å². The molecule has 0 amide bonds. The number of carboxylic acids is 1. The lowest BCUT2D eigenvalue weighted by Crippen LogP contribution is -2.27. The van der Waals surface area contributed by atoms with Gasteiger partial charge in [0.1, 0.15) is 5.82 Å². The quantitative estimate of drug-likeness (QED) is 0.859. The second kappa shape index (κ2) is 6.63. The van der Waals surface area contributed by atoms with Crippen molar-refractivity contribution in [3.05, 3.63) is 57.5 Å². The molecule has 0 aliphatic heterocycles. The van der Waals surface area contributed by atoms with Crippen molar-refractivity contribution in [3.8, 4) is 0 Å². The van der Waals surface area contributed by atoms with Gasteiger partial charge in [0, 0.05) is 12.6 Å². The third-order valence-electron chi connectivity index (χ3n) is 3.04. The summed E-state index contributed by atoms with van der Waals surface area (Å²) in [6, 6.07) is 6.57. The highest BCUT2D eigenvalue weighted by atomic mass is 32.1. The normalized spacial score (nSPS) is 12.3. The second-order valence-corrected chi connectivity index (χ2v) is 5.52. The van der Waals surface area contributed by atoms with Crippen LogP contribution in [0, 0.1) is 5.82 Å². The van der Waals surface area contributed by atoms with Gasteiger partial charge in [-0.1, -0.05) is 6.07 Å². The molecule has 1 atom stereocenters. The molecule has 0 aliphatic carbocycles. The molecule has 2 rings (SSSR count). The van der Waals surface area contributed by atoms with Crippen LogP contribution in [0.25, 0.3) is 0 Å². The van der Waals surface area contributed by atoms with Crippen molar-refractivity contribution < 1.29 is 14.3 Å². The molecular formula is C15H16FNO2S. The molecule has 5 heteroatoms. The summed E-state index contributed by atoms with van der Waals surface area (Å²) in [5.74, 6) is -1.94. The summed E-state index contributed by atoms with van der Waals surface area (Å²) in [5.41, 5.74) is 1.73. The van der Waals surface area contributed by atoms with Crippen LogP contribution in [-0.2, 0) is 13.0 Å². The van der Waals surface area contributed by atoms with E-state index in [0.717, 1.165) is 12.0 Å². The predicted molar refractivity (Wildman–Crippen MR) is 77.7 cm³/mol. The number of carboxylic acid groups (broad SMARTS) is 1. The van der Waals surface area contributed by atoms with E-state index in [-0.39, 0.29) is 11.6 Å². The summed E-state index contributed by atoms with van der Waals surface area (Å²) in [6.45, 7) is 2.59. The molecule has 0 saturated heterocycles. The van der Waals surface area contributed by atoms with Crippen LogP contribution >= 0.6 is 11.3 Å². The molecule has 0 saturated carbocycles. The molecule has 1 aromatic carbocycles. The van der Waals surface area contributed by atoms with Gasteiger partial charge in [0.2, 0.25) is 0 Å². The Morgan fingerprint density at radius 3 is 2.80 bits per heavy atom. The number of nitrogens with one attached hydrogen (secondary N) is 1. The monoisotopic (exact) mass is 293 g/mol. The summed E-state index contributed by atoms with van der Waals surface area (Å²) < 4.78 is 13.5. The highest BCUT2D eigenvalue weighted by molar-refractivity contribution is 7.07. The highest BCUT2D eigenvalue weighted by Gasteiger charge is 2.10. The number of rotatable bonds is 6. The Kier molecular flexibility index (Phi) is 4.87. The van der Waals surface area contributed by atoms with Gasteiger partial charge >= 0.3 is 5.97 Å². The number of hydrogen-bond donors (Lipinski definition) is 2. The van der Waals surface area contributed by atoms with Crippen molar-refractivity contribution in [2.75, 3.05) is 0 Å². The van der Waals surface area contributed by atoms with E-state index in [4.69, 9.17) is 5.11 Å². The van der Waals surface area contributed by atoms with Crippen molar-refractivity contribution in [3.63, 3.8) is 0 Å². The molecule has 20 heavy (non-hydrogen) atoms. The second-order valence-electron chi connectivity index (χ2n) is 4.74. The Balaban J connectivity index is 1.90. The fourth-order valence-electron chi connectivity index (χ4n) is 1.97. The minimum atomic E-state index is -1.24. The van der Waals surface area contributed by atoms with Gasteiger partial charge in [-0.3, -0.25) is 0 Å². The lowest BCUT2D eigenvalue weighted by molar-refractivity contribution is 0.0692. The molecule has 0 bridgehead atoms. The maximum absolute atomic E-state index is 13.5. The summed E-state index contributed by atoms with van der Waals surface area (Å²) >= 11 is 1.67. The molecule has 1 unspecified atom stereocenters. The summed E-state index contributed by atoms with van der Waals surface area (Å²) in [6.07, 6.45) is 0.916. The average molecular weight is 293 g/mol. The SMILES string of the molecule is CC(Cc1ccsc1)NCc1ccc(C(=O)O)c(F)c1. The summed E-state index contributed by atoms with van der Waals surface area (Å²) in [4.78, 5) is 10.7. The Morgan fingerprint density at radius 2 is 2.20 bits per heavy atom. The van der Waals surface area contributed by atoms with Crippen molar-refractivity contribution >= 4 is 17.3 Å². The lowest BCUT2D eigenvalue weighted by atomic mass is 10.1. The number of halogens is 1. The van der Waals surface area contributed by atoms with Gasteiger partial charge in [-0.15, -0.1) is 0 Å². The number of thiophene rings is 1. The van der Waals surface area contributed by atoms with E-state index in [1.165, 1.54) is 17.7 Å². The average Bonchev–Trinajstić information content (AvgIpc) is 2.89. The van der Waals surface area contributed by atoms with E-state index in [1.54, 1.807) is 17.4 Å². The molecule has 0 spiro atoms. The zero-order chi connectivity index (χ0) is 14.5. The van der Waals surface area contributed by atoms with Crippen molar-refractivity contribution in [1.82, 2.24) is 5.32 Å². The molecule has 1 heterocycles. The zero-order valence-corrected chi connectivity index (χ0v) is 11.9. The van der Waals surface area contributed by atoms with Crippen molar-refractivity contribution in [2.24, 2.45) is 0 Å². The molecular weight excluding hydrogens is 277 g/mol. The maximum Gasteiger partial charge on any atom is 0.338 e. The zero-order valence-electron chi connectivity index (χ0n) is 11.1. The molecule has 1 aromatic heterocycles. The van der Waals surface area contributed by atoms with Gasteiger partial charge in [0.25, 0.3) is 0 Å². The van der Waals surface area contributed by atoms with E-state index >= 15 is 0 Å². The number of aromatic carboxylic acids is 1. The molecule has 2 aromatic rings. The predicted octanol–water partition coefficient (Wildman–Crippen LogP) is 3.31. The smallest absolute Gasteiger partial charge is 0.338 e. The summed E-state index contributed by atoms with van der Waals surface area (Å²) in [7, 11) is 0. The maximum atomic E-state index is 13.5. The number of benzene rings is 1. The summed E-state index contributed by atoms with van der Waals surface area (Å²) in [5, 5.41) is 16.2. The van der Waals surface area contributed by atoms with Crippen molar-refractivity contribution in [2.45, 2.75) is 25.9 Å². The minimum absolute atomic E-state index is 0.270.